The van der Waals surface area contributed by atoms with Gasteiger partial charge in [0.2, 0.25) is 0 Å². The van der Waals surface area contributed by atoms with Gasteiger partial charge in [0.25, 0.3) is 0 Å². The van der Waals surface area contributed by atoms with Crippen molar-refractivity contribution in [3.05, 3.63) is 0 Å². The second-order valence-electron chi connectivity index (χ2n) is 5.05. The number of nitrogens with two attached hydrogens (primary N) is 1. The SMILES string of the molecule is CCC1(CC2(N)CCOC2)CCC1. The summed E-state index contributed by atoms with van der Waals surface area (Å²) in [4.78, 5) is 0. The van der Waals surface area contributed by atoms with Crippen molar-refractivity contribution in [2.75, 3.05) is 13.2 Å². The van der Waals surface area contributed by atoms with E-state index in [1.165, 1.54) is 32.1 Å². The molecule has 1 heterocycles. The highest BCUT2D eigenvalue weighted by molar-refractivity contribution is 4.98. The lowest BCUT2D eigenvalue weighted by molar-refractivity contribution is 0.0691. The van der Waals surface area contributed by atoms with Crippen LogP contribution in [-0.4, -0.2) is 18.8 Å². The smallest absolute Gasteiger partial charge is 0.0647 e. The minimum absolute atomic E-state index is 0.0103. The highest BCUT2D eigenvalue weighted by atomic mass is 16.5. The van der Waals surface area contributed by atoms with Crippen LogP contribution in [0.3, 0.4) is 0 Å². The number of rotatable bonds is 3. The maximum absolute atomic E-state index is 6.31. The fourth-order valence-electron chi connectivity index (χ4n) is 2.84. The Bertz CT molecular complexity index is 175. The molecule has 2 rings (SSSR count). The molecular formula is C11H21NO. The molecule has 1 atom stereocenters. The van der Waals surface area contributed by atoms with Crippen LogP contribution in [0.2, 0.25) is 0 Å². The normalized spacial score (nSPS) is 37.4. The van der Waals surface area contributed by atoms with Gasteiger partial charge in [-0.1, -0.05) is 19.8 Å². The molecule has 0 bridgehead atoms. The van der Waals surface area contributed by atoms with Crippen LogP contribution in [0.1, 0.15) is 45.4 Å². The van der Waals surface area contributed by atoms with Gasteiger partial charge in [-0.3, -0.25) is 0 Å². The molecule has 2 nitrogen and oxygen atoms in total. The first kappa shape index (κ1) is 9.47. The third-order valence-electron chi connectivity index (χ3n) is 4.03. The fraction of sp³-hybridized carbons (Fsp3) is 1.00. The summed E-state index contributed by atoms with van der Waals surface area (Å²) in [6.07, 6.45) is 7.74. The summed E-state index contributed by atoms with van der Waals surface area (Å²) in [5.74, 6) is 0. The molecule has 0 aromatic rings. The lowest BCUT2D eigenvalue weighted by Crippen LogP contribution is -2.47. The van der Waals surface area contributed by atoms with Crippen molar-refractivity contribution in [1.82, 2.24) is 0 Å². The lowest BCUT2D eigenvalue weighted by atomic mass is 9.61. The van der Waals surface area contributed by atoms with Crippen molar-refractivity contribution in [2.45, 2.75) is 51.0 Å². The van der Waals surface area contributed by atoms with Crippen molar-refractivity contribution in [1.29, 1.82) is 0 Å². The van der Waals surface area contributed by atoms with E-state index in [1.807, 2.05) is 0 Å². The van der Waals surface area contributed by atoms with E-state index < -0.39 is 0 Å². The third kappa shape index (κ3) is 1.75. The molecule has 0 amide bonds. The van der Waals surface area contributed by atoms with Crippen molar-refractivity contribution in [3.63, 3.8) is 0 Å². The Hall–Kier alpha value is -0.0800. The first-order chi connectivity index (χ1) is 6.18. The molecule has 0 radical (unpaired) electrons. The molecule has 0 aromatic carbocycles. The summed E-state index contributed by atoms with van der Waals surface area (Å²) < 4.78 is 5.39. The van der Waals surface area contributed by atoms with Crippen LogP contribution >= 0.6 is 0 Å². The van der Waals surface area contributed by atoms with E-state index in [0.29, 0.717) is 5.41 Å². The summed E-state index contributed by atoms with van der Waals surface area (Å²) in [6, 6.07) is 0. The monoisotopic (exact) mass is 183 g/mol. The van der Waals surface area contributed by atoms with Crippen LogP contribution in [0, 0.1) is 5.41 Å². The second-order valence-corrected chi connectivity index (χ2v) is 5.05. The summed E-state index contributed by atoms with van der Waals surface area (Å²) in [7, 11) is 0. The first-order valence-electron chi connectivity index (χ1n) is 5.55. The van der Waals surface area contributed by atoms with Crippen molar-refractivity contribution in [3.8, 4) is 0 Å². The average molecular weight is 183 g/mol. The minimum Gasteiger partial charge on any atom is -0.379 e. The van der Waals surface area contributed by atoms with E-state index in [0.717, 1.165) is 19.6 Å². The molecule has 76 valence electrons. The Morgan fingerprint density at radius 1 is 1.31 bits per heavy atom. The standard InChI is InChI=1S/C11H21NO/c1-2-10(4-3-5-10)8-11(12)6-7-13-9-11/h2-9,12H2,1H3. The molecule has 1 unspecified atom stereocenters. The topological polar surface area (TPSA) is 35.2 Å². The zero-order valence-electron chi connectivity index (χ0n) is 8.64. The van der Waals surface area contributed by atoms with Gasteiger partial charge in [-0.25, -0.2) is 0 Å². The Labute approximate surface area is 80.8 Å². The molecule has 1 saturated heterocycles. The Morgan fingerprint density at radius 3 is 2.46 bits per heavy atom. The van der Waals surface area contributed by atoms with Crippen molar-refractivity contribution >= 4 is 0 Å². The molecule has 1 aliphatic carbocycles. The maximum Gasteiger partial charge on any atom is 0.0647 e. The van der Waals surface area contributed by atoms with E-state index >= 15 is 0 Å². The van der Waals surface area contributed by atoms with E-state index in [2.05, 4.69) is 6.92 Å². The summed E-state index contributed by atoms with van der Waals surface area (Å²) >= 11 is 0. The van der Waals surface area contributed by atoms with Crippen LogP contribution < -0.4 is 5.73 Å². The highest BCUT2D eigenvalue weighted by Gasteiger charge is 2.43. The van der Waals surface area contributed by atoms with E-state index in [9.17, 15) is 0 Å². The molecular weight excluding hydrogens is 162 g/mol. The third-order valence-corrected chi connectivity index (χ3v) is 4.03. The van der Waals surface area contributed by atoms with Gasteiger partial charge in [-0.05, 0) is 31.1 Å². The van der Waals surface area contributed by atoms with Gasteiger partial charge < -0.3 is 10.5 Å². The minimum atomic E-state index is 0.0103. The van der Waals surface area contributed by atoms with Gasteiger partial charge in [0.05, 0.1) is 6.61 Å². The lowest BCUT2D eigenvalue weighted by Gasteiger charge is -2.45. The second kappa shape index (κ2) is 3.25. The molecule has 1 saturated carbocycles. The highest BCUT2D eigenvalue weighted by Crippen LogP contribution is 2.49. The molecule has 0 aromatic heterocycles. The maximum atomic E-state index is 6.31. The summed E-state index contributed by atoms with van der Waals surface area (Å²) in [5, 5.41) is 0. The van der Waals surface area contributed by atoms with Crippen molar-refractivity contribution < 1.29 is 4.74 Å². The van der Waals surface area contributed by atoms with Crippen LogP contribution in [0.25, 0.3) is 0 Å². The Morgan fingerprint density at radius 2 is 2.08 bits per heavy atom. The Balaban J connectivity index is 1.95. The van der Waals surface area contributed by atoms with E-state index in [1.54, 1.807) is 0 Å². The number of hydrogen-bond donors (Lipinski definition) is 1. The van der Waals surface area contributed by atoms with Gasteiger partial charge in [-0.15, -0.1) is 0 Å². The molecule has 2 aliphatic rings. The van der Waals surface area contributed by atoms with Crippen LogP contribution in [-0.2, 0) is 4.74 Å². The molecule has 2 fully saturated rings. The molecule has 1 aliphatic heterocycles. The molecule has 0 spiro atoms. The van der Waals surface area contributed by atoms with Gasteiger partial charge in [0, 0.05) is 12.1 Å². The van der Waals surface area contributed by atoms with Gasteiger partial charge in [0.1, 0.15) is 0 Å². The molecule has 13 heavy (non-hydrogen) atoms. The molecule has 2 heteroatoms. The van der Waals surface area contributed by atoms with Gasteiger partial charge in [-0.2, -0.15) is 0 Å². The van der Waals surface area contributed by atoms with Crippen LogP contribution in [0.15, 0.2) is 0 Å². The predicted octanol–water partition coefficient (Wildman–Crippen LogP) is 2.07. The average Bonchev–Trinajstić information content (AvgIpc) is 2.45. The first-order valence-corrected chi connectivity index (χ1v) is 5.55. The van der Waals surface area contributed by atoms with Crippen molar-refractivity contribution in [2.24, 2.45) is 11.1 Å². The van der Waals surface area contributed by atoms with E-state index in [4.69, 9.17) is 10.5 Å². The zero-order chi connectivity index (χ0) is 9.36. The van der Waals surface area contributed by atoms with Crippen LogP contribution in [0.5, 0.6) is 0 Å². The Kier molecular flexibility index (Phi) is 2.37. The van der Waals surface area contributed by atoms with E-state index in [-0.39, 0.29) is 5.54 Å². The van der Waals surface area contributed by atoms with Gasteiger partial charge in [0.15, 0.2) is 0 Å². The largest absolute Gasteiger partial charge is 0.379 e. The molecule has 2 N–H and O–H groups in total. The number of hydrogen-bond acceptors (Lipinski definition) is 2. The fourth-order valence-corrected chi connectivity index (χ4v) is 2.84. The number of ether oxygens (including phenoxy) is 1. The predicted molar refractivity (Wildman–Crippen MR) is 53.5 cm³/mol. The van der Waals surface area contributed by atoms with Crippen LogP contribution in [0.4, 0.5) is 0 Å². The summed E-state index contributed by atoms with van der Waals surface area (Å²) in [5.41, 5.74) is 6.90. The van der Waals surface area contributed by atoms with Gasteiger partial charge >= 0.3 is 0 Å². The summed E-state index contributed by atoms with van der Waals surface area (Å²) in [6.45, 7) is 3.96. The quantitative estimate of drug-likeness (QED) is 0.727. The zero-order valence-corrected chi connectivity index (χ0v) is 8.64.